The van der Waals surface area contributed by atoms with E-state index in [4.69, 9.17) is 39.9 Å². The maximum atomic E-state index is 11.2. The zero-order chi connectivity index (χ0) is 14.7. The lowest BCUT2D eigenvalue weighted by molar-refractivity contribution is -0.131. The summed E-state index contributed by atoms with van der Waals surface area (Å²) in [6, 6.07) is 13.6. The molecule has 0 aromatic heterocycles. The third-order valence-corrected chi connectivity index (χ3v) is 3.53. The Morgan fingerprint density at radius 2 is 1.15 bits per heavy atom. The van der Waals surface area contributed by atoms with E-state index in [1.807, 2.05) is 0 Å². The molecule has 0 unspecified atom stereocenters. The van der Waals surface area contributed by atoms with Gasteiger partial charge in [0.2, 0.25) is 0 Å². The Morgan fingerprint density at radius 1 is 0.800 bits per heavy atom. The maximum Gasteiger partial charge on any atom is 0.347 e. The molecule has 2 aromatic carbocycles. The van der Waals surface area contributed by atoms with E-state index in [9.17, 15) is 4.79 Å². The molecule has 5 heteroatoms. The van der Waals surface area contributed by atoms with E-state index in [1.165, 1.54) is 0 Å². The van der Waals surface area contributed by atoms with Crippen LogP contribution in [0.3, 0.4) is 0 Å². The lowest BCUT2D eigenvalue weighted by Crippen LogP contribution is -2.00. The summed E-state index contributed by atoms with van der Waals surface area (Å²) in [5.74, 6) is -1.19. The number of rotatable bonds is 3. The van der Waals surface area contributed by atoms with Crippen LogP contribution in [0.5, 0.6) is 0 Å². The second kappa shape index (κ2) is 6.31. The van der Waals surface area contributed by atoms with Crippen LogP contribution in [0.15, 0.2) is 53.6 Å². The SMILES string of the molecule is O=C(O)C(Cl)=C(c1ccc(Cl)cc1)c1ccc(Cl)cc1. The predicted molar refractivity (Wildman–Crippen MR) is 82.4 cm³/mol. The van der Waals surface area contributed by atoms with E-state index in [0.29, 0.717) is 26.7 Å². The fraction of sp³-hybridized carbons (Fsp3) is 0. The minimum atomic E-state index is -1.19. The number of benzene rings is 2. The van der Waals surface area contributed by atoms with Gasteiger partial charge in [-0.3, -0.25) is 0 Å². The first-order valence-corrected chi connectivity index (χ1v) is 6.77. The molecule has 102 valence electrons. The van der Waals surface area contributed by atoms with Crippen molar-refractivity contribution < 1.29 is 9.90 Å². The van der Waals surface area contributed by atoms with E-state index in [1.54, 1.807) is 48.5 Å². The lowest BCUT2D eigenvalue weighted by Gasteiger charge is -2.10. The van der Waals surface area contributed by atoms with Crippen LogP contribution >= 0.6 is 34.8 Å². The zero-order valence-electron chi connectivity index (χ0n) is 10.1. The fourth-order valence-corrected chi connectivity index (χ4v) is 2.23. The Hall–Kier alpha value is -1.48. The second-order valence-electron chi connectivity index (χ2n) is 4.01. The van der Waals surface area contributed by atoms with Crippen LogP contribution in [-0.2, 0) is 4.79 Å². The number of aliphatic carboxylic acids is 1. The van der Waals surface area contributed by atoms with Crippen molar-refractivity contribution in [2.45, 2.75) is 0 Å². The van der Waals surface area contributed by atoms with Gasteiger partial charge in [0, 0.05) is 15.6 Å². The smallest absolute Gasteiger partial charge is 0.347 e. The molecular weight excluding hydrogens is 319 g/mol. The van der Waals surface area contributed by atoms with Crippen molar-refractivity contribution in [2.75, 3.05) is 0 Å². The largest absolute Gasteiger partial charge is 0.477 e. The van der Waals surface area contributed by atoms with Crippen molar-refractivity contribution in [1.82, 2.24) is 0 Å². The molecule has 0 aliphatic heterocycles. The molecule has 0 fully saturated rings. The number of hydrogen-bond donors (Lipinski definition) is 1. The van der Waals surface area contributed by atoms with E-state index in [2.05, 4.69) is 0 Å². The number of carbonyl (C=O) groups is 1. The van der Waals surface area contributed by atoms with Crippen molar-refractivity contribution in [3.8, 4) is 0 Å². The molecule has 0 aliphatic rings. The van der Waals surface area contributed by atoms with Gasteiger partial charge in [0.15, 0.2) is 0 Å². The second-order valence-corrected chi connectivity index (χ2v) is 5.26. The van der Waals surface area contributed by atoms with Crippen LogP contribution in [-0.4, -0.2) is 11.1 Å². The van der Waals surface area contributed by atoms with Gasteiger partial charge in [-0.2, -0.15) is 0 Å². The molecular formula is C15H9Cl3O2. The van der Waals surface area contributed by atoms with E-state index in [-0.39, 0.29) is 5.03 Å². The highest BCUT2D eigenvalue weighted by Crippen LogP contribution is 2.30. The highest BCUT2D eigenvalue weighted by Gasteiger charge is 2.15. The number of carboxylic acids is 1. The Labute approximate surface area is 131 Å². The van der Waals surface area contributed by atoms with Gasteiger partial charge in [-0.05, 0) is 35.4 Å². The molecule has 0 amide bonds. The minimum Gasteiger partial charge on any atom is -0.477 e. The quantitative estimate of drug-likeness (QED) is 0.799. The van der Waals surface area contributed by atoms with Gasteiger partial charge in [-0.1, -0.05) is 59.1 Å². The molecule has 0 radical (unpaired) electrons. The summed E-state index contributed by atoms with van der Waals surface area (Å²) in [7, 11) is 0. The average Bonchev–Trinajstić information content (AvgIpc) is 2.43. The first kappa shape index (κ1) is 14.9. The highest BCUT2D eigenvalue weighted by atomic mass is 35.5. The molecule has 0 aliphatic carbocycles. The van der Waals surface area contributed by atoms with E-state index in [0.717, 1.165) is 0 Å². The highest BCUT2D eigenvalue weighted by molar-refractivity contribution is 6.44. The summed E-state index contributed by atoms with van der Waals surface area (Å²) in [6.07, 6.45) is 0. The number of halogens is 3. The molecule has 0 saturated heterocycles. The first-order chi connectivity index (χ1) is 9.49. The van der Waals surface area contributed by atoms with Crippen LogP contribution < -0.4 is 0 Å². The Kier molecular flexibility index (Phi) is 4.71. The van der Waals surface area contributed by atoms with Gasteiger partial charge in [0.05, 0.1) is 0 Å². The first-order valence-electron chi connectivity index (χ1n) is 5.64. The zero-order valence-corrected chi connectivity index (χ0v) is 12.4. The van der Waals surface area contributed by atoms with Gasteiger partial charge in [-0.15, -0.1) is 0 Å². The number of hydrogen-bond acceptors (Lipinski definition) is 1. The molecule has 1 N–H and O–H groups in total. The van der Waals surface area contributed by atoms with Crippen LogP contribution in [0.1, 0.15) is 11.1 Å². The van der Waals surface area contributed by atoms with E-state index < -0.39 is 5.97 Å². The van der Waals surface area contributed by atoms with Gasteiger partial charge in [0.25, 0.3) is 0 Å². The third-order valence-electron chi connectivity index (χ3n) is 2.67. The Balaban J connectivity index is 2.62. The van der Waals surface area contributed by atoms with Gasteiger partial charge < -0.3 is 5.11 Å². The predicted octanol–water partition coefficient (Wildman–Crippen LogP) is 5.08. The van der Waals surface area contributed by atoms with Crippen LogP contribution in [0.2, 0.25) is 10.0 Å². The summed E-state index contributed by atoms with van der Waals surface area (Å²) in [4.78, 5) is 11.2. The molecule has 0 spiro atoms. The Bertz CT molecular complexity index is 611. The summed E-state index contributed by atoms with van der Waals surface area (Å²) < 4.78 is 0. The standard InChI is InChI=1S/C15H9Cl3O2/c16-11-5-1-9(2-6-11)13(14(18)15(19)20)10-3-7-12(17)8-4-10/h1-8H,(H,19,20). The third kappa shape index (κ3) is 3.34. The molecule has 0 bridgehead atoms. The van der Waals surface area contributed by atoms with Crippen LogP contribution in [0, 0.1) is 0 Å². The average molecular weight is 328 g/mol. The van der Waals surface area contributed by atoms with E-state index >= 15 is 0 Å². The maximum absolute atomic E-state index is 11.2. The minimum absolute atomic E-state index is 0.255. The van der Waals surface area contributed by atoms with Crippen molar-refractivity contribution >= 4 is 46.3 Å². The molecule has 2 aromatic rings. The summed E-state index contributed by atoms with van der Waals surface area (Å²) in [6.45, 7) is 0. The lowest BCUT2D eigenvalue weighted by atomic mass is 9.97. The van der Waals surface area contributed by atoms with Crippen molar-refractivity contribution in [2.24, 2.45) is 0 Å². The van der Waals surface area contributed by atoms with Crippen molar-refractivity contribution in [3.63, 3.8) is 0 Å². The molecule has 0 saturated carbocycles. The summed E-state index contributed by atoms with van der Waals surface area (Å²) in [5.41, 5.74) is 1.76. The van der Waals surface area contributed by atoms with Crippen molar-refractivity contribution in [1.29, 1.82) is 0 Å². The van der Waals surface area contributed by atoms with Crippen LogP contribution in [0.4, 0.5) is 0 Å². The van der Waals surface area contributed by atoms with Crippen LogP contribution in [0.25, 0.3) is 5.57 Å². The van der Waals surface area contributed by atoms with Gasteiger partial charge in [-0.25, -0.2) is 4.79 Å². The molecule has 20 heavy (non-hydrogen) atoms. The van der Waals surface area contributed by atoms with Gasteiger partial charge >= 0.3 is 5.97 Å². The molecule has 2 nitrogen and oxygen atoms in total. The fourth-order valence-electron chi connectivity index (χ4n) is 1.76. The monoisotopic (exact) mass is 326 g/mol. The topological polar surface area (TPSA) is 37.3 Å². The molecule has 0 heterocycles. The normalized spacial score (nSPS) is 10.2. The number of carboxylic acid groups (broad SMARTS) is 1. The molecule has 2 rings (SSSR count). The van der Waals surface area contributed by atoms with Gasteiger partial charge in [0.1, 0.15) is 5.03 Å². The molecule has 0 atom stereocenters. The summed E-state index contributed by atoms with van der Waals surface area (Å²) >= 11 is 17.6. The summed E-state index contributed by atoms with van der Waals surface area (Å²) in [5, 5.41) is 10.0. The Morgan fingerprint density at radius 3 is 1.45 bits per heavy atom. The van der Waals surface area contributed by atoms with Crippen molar-refractivity contribution in [3.05, 3.63) is 74.7 Å².